The zero-order valence-electron chi connectivity index (χ0n) is 10.0. The van der Waals surface area contributed by atoms with Gasteiger partial charge in [0.2, 0.25) is 0 Å². The lowest BCUT2D eigenvalue weighted by molar-refractivity contribution is 0.0720. The minimum absolute atomic E-state index is 0.705. The van der Waals surface area contributed by atoms with Crippen LogP contribution in [0.2, 0.25) is 0 Å². The molecule has 2 bridgehead atoms. The third-order valence-electron chi connectivity index (χ3n) is 4.11. The number of nitrogens with zero attached hydrogens (tertiary/aromatic N) is 1. The van der Waals surface area contributed by atoms with E-state index in [4.69, 9.17) is 0 Å². The first-order valence-electron chi connectivity index (χ1n) is 6.51. The molecule has 2 nitrogen and oxygen atoms in total. The van der Waals surface area contributed by atoms with Crippen molar-refractivity contribution in [3.8, 4) is 0 Å². The molecule has 3 aliphatic heterocycles. The third-order valence-corrected chi connectivity index (χ3v) is 4.61. The summed E-state index contributed by atoms with van der Waals surface area (Å²) >= 11 is 3.52. The second-order valence-electron chi connectivity index (χ2n) is 5.26. The Morgan fingerprint density at radius 1 is 1.29 bits per heavy atom. The first-order chi connectivity index (χ1) is 8.31. The lowest BCUT2D eigenvalue weighted by Crippen LogP contribution is -2.55. The van der Waals surface area contributed by atoms with Crippen LogP contribution in [0.4, 0.5) is 0 Å². The van der Waals surface area contributed by atoms with Gasteiger partial charge in [-0.2, -0.15) is 0 Å². The second kappa shape index (κ2) is 5.09. The fraction of sp³-hybridized carbons (Fsp3) is 0.571. The number of hydrogen-bond acceptors (Lipinski definition) is 2. The highest BCUT2D eigenvalue weighted by atomic mass is 79.9. The van der Waals surface area contributed by atoms with Crippen LogP contribution in [-0.2, 0) is 6.54 Å². The molecule has 3 heterocycles. The van der Waals surface area contributed by atoms with Gasteiger partial charge >= 0.3 is 0 Å². The van der Waals surface area contributed by atoms with E-state index in [1.54, 1.807) is 0 Å². The van der Waals surface area contributed by atoms with Crippen molar-refractivity contribution in [2.24, 2.45) is 5.92 Å². The molecule has 3 saturated heterocycles. The van der Waals surface area contributed by atoms with Crippen LogP contribution in [-0.4, -0.2) is 30.6 Å². The van der Waals surface area contributed by atoms with Crippen molar-refractivity contribution in [3.05, 3.63) is 34.3 Å². The van der Waals surface area contributed by atoms with Crippen LogP contribution in [0.5, 0.6) is 0 Å². The van der Waals surface area contributed by atoms with E-state index < -0.39 is 0 Å². The van der Waals surface area contributed by atoms with Gasteiger partial charge in [0.15, 0.2) is 0 Å². The van der Waals surface area contributed by atoms with Gasteiger partial charge in [0.25, 0.3) is 0 Å². The molecule has 3 aliphatic rings. The van der Waals surface area contributed by atoms with E-state index in [1.165, 1.54) is 42.5 Å². The molecule has 3 fully saturated rings. The van der Waals surface area contributed by atoms with Crippen LogP contribution < -0.4 is 5.32 Å². The Labute approximate surface area is 112 Å². The maximum absolute atomic E-state index is 3.73. The molecule has 1 aromatic carbocycles. The van der Waals surface area contributed by atoms with Gasteiger partial charge in [0.1, 0.15) is 0 Å². The van der Waals surface area contributed by atoms with Crippen molar-refractivity contribution in [2.45, 2.75) is 25.4 Å². The van der Waals surface area contributed by atoms with Crippen molar-refractivity contribution >= 4 is 15.9 Å². The van der Waals surface area contributed by atoms with E-state index in [1.807, 2.05) is 0 Å². The SMILES string of the molecule is Brc1cccc(CNC2CN3CCC2CC3)c1. The van der Waals surface area contributed by atoms with E-state index >= 15 is 0 Å². The number of piperidine rings is 3. The minimum Gasteiger partial charge on any atom is -0.308 e. The zero-order chi connectivity index (χ0) is 11.7. The first-order valence-corrected chi connectivity index (χ1v) is 7.31. The van der Waals surface area contributed by atoms with Crippen molar-refractivity contribution in [2.75, 3.05) is 19.6 Å². The van der Waals surface area contributed by atoms with Crippen molar-refractivity contribution in [1.82, 2.24) is 10.2 Å². The Bertz CT molecular complexity index is 386. The number of rotatable bonds is 3. The predicted octanol–water partition coefficient (Wildman–Crippen LogP) is 2.63. The van der Waals surface area contributed by atoms with E-state index in [0.29, 0.717) is 6.04 Å². The Hall–Kier alpha value is -0.380. The molecule has 0 radical (unpaired) electrons. The maximum Gasteiger partial charge on any atom is 0.0227 e. The van der Waals surface area contributed by atoms with E-state index in [2.05, 4.69) is 50.4 Å². The van der Waals surface area contributed by atoms with Gasteiger partial charge in [-0.05, 0) is 49.5 Å². The van der Waals surface area contributed by atoms with Gasteiger partial charge < -0.3 is 10.2 Å². The largest absolute Gasteiger partial charge is 0.308 e. The van der Waals surface area contributed by atoms with Crippen LogP contribution in [0.1, 0.15) is 18.4 Å². The van der Waals surface area contributed by atoms with Crippen molar-refractivity contribution < 1.29 is 0 Å². The quantitative estimate of drug-likeness (QED) is 0.922. The molecule has 0 aliphatic carbocycles. The highest BCUT2D eigenvalue weighted by Crippen LogP contribution is 2.27. The molecule has 4 rings (SSSR count). The van der Waals surface area contributed by atoms with Gasteiger partial charge in [-0.3, -0.25) is 0 Å². The number of nitrogens with one attached hydrogen (secondary N) is 1. The third kappa shape index (κ3) is 2.72. The highest BCUT2D eigenvalue weighted by Gasteiger charge is 2.33. The summed E-state index contributed by atoms with van der Waals surface area (Å²) in [6.07, 6.45) is 2.77. The summed E-state index contributed by atoms with van der Waals surface area (Å²) in [6.45, 7) is 4.88. The molecule has 0 saturated carbocycles. The summed E-state index contributed by atoms with van der Waals surface area (Å²) in [7, 11) is 0. The fourth-order valence-corrected chi connectivity index (χ4v) is 3.54. The average Bonchev–Trinajstić information content (AvgIpc) is 2.38. The number of hydrogen-bond donors (Lipinski definition) is 1. The zero-order valence-corrected chi connectivity index (χ0v) is 11.6. The van der Waals surface area contributed by atoms with Gasteiger partial charge in [0, 0.05) is 23.6 Å². The fourth-order valence-electron chi connectivity index (χ4n) is 3.09. The predicted molar refractivity (Wildman–Crippen MR) is 73.9 cm³/mol. The molecular formula is C14H19BrN2. The topological polar surface area (TPSA) is 15.3 Å². The normalized spacial score (nSPS) is 31.7. The standard InChI is InChI=1S/C14H19BrN2/c15-13-3-1-2-11(8-13)9-16-14-10-17-6-4-12(14)5-7-17/h1-3,8,12,14,16H,4-7,9-10H2. The molecule has 0 amide bonds. The van der Waals surface area contributed by atoms with E-state index in [9.17, 15) is 0 Å². The molecule has 1 aromatic rings. The molecule has 0 spiro atoms. The van der Waals surface area contributed by atoms with Crippen LogP contribution in [0.3, 0.4) is 0 Å². The van der Waals surface area contributed by atoms with Crippen LogP contribution in [0.15, 0.2) is 28.7 Å². The Morgan fingerprint density at radius 2 is 2.12 bits per heavy atom. The van der Waals surface area contributed by atoms with E-state index in [-0.39, 0.29) is 0 Å². The monoisotopic (exact) mass is 294 g/mol. The summed E-state index contributed by atoms with van der Waals surface area (Å²) in [4.78, 5) is 2.60. The summed E-state index contributed by atoms with van der Waals surface area (Å²) < 4.78 is 1.17. The number of halogens is 1. The molecule has 0 aromatic heterocycles. The molecule has 1 atom stereocenters. The average molecular weight is 295 g/mol. The van der Waals surface area contributed by atoms with Crippen LogP contribution >= 0.6 is 15.9 Å². The van der Waals surface area contributed by atoms with Gasteiger partial charge in [-0.1, -0.05) is 28.1 Å². The second-order valence-corrected chi connectivity index (χ2v) is 6.17. The van der Waals surface area contributed by atoms with E-state index in [0.717, 1.165) is 12.5 Å². The minimum atomic E-state index is 0.705. The molecule has 3 heteroatoms. The lowest BCUT2D eigenvalue weighted by Gasteiger charge is -2.45. The van der Waals surface area contributed by atoms with Crippen molar-refractivity contribution in [1.29, 1.82) is 0 Å². The highest BCUT2D eigenvalue weighted by molar-refractivity contribution is 9.10. The Kier molecular flexibility index (Phi) is 3.50. The van der Waals surface area contributed by atoms with Crippen molar-refractivity contribution in [3.63, 3.8) is 0 Å². The van der Waals surface area contributed by atoms with Crippen LogP contribution in [0, 0.1) is 5.92 Å². The summed E-state index contributed by atoms with van der Waals surface area (Å²) in [6, 6.07) is 9.29. The molecule has 1 N–H and O–H groups in total. The molecular weight excluding hydrogens is 276 g/mol. The summed E-state index contributed by atoms with van der Waals surface area (Å²) in [5.74, 6) is 0.909. The Balaban J connectivity index is 1.57. The Morgan fingerprint density at radius 3 is 2.76 bits per heavy atom. The maximum atomic E-state index is 3.73. The summed E-state index contributed by atoms with van der Waals surface area (Å²) in [5.41, 5.74) is 1.37. The number of benzene rings is 1. The molecule has 92 valence electrons. The molecule has 17 heavy (non-hydrogen) atoms. The number of fused-ring (bicyclic) bond motifs is 3. The lowest BCUT2D eigenvalue weighted by atomic mass is 9.84. The smallest absolute Gasteiger partial charge is 0.0227 e. The summed E-state index contributed by atoms with van der Waals surface area (Å²) in [5, 5.41) is 3.73. The van der Waals surface area contributed by atoms with Gasteiger partial charge in [-0.15, -0.1) is 0 Å². The molecule has 1 unspecified atom stereocenters. The van der Waals surface area contributed by atoms with Gasteiger partial charge in [0.05, 0.1) is 0 Å². The first kappa shape index (κ1) is 11.7. The van der Waals surface area contributed by atoms with Gasteiger partial charge in [-0.25, -0.2) is 0 Å². The van der Waals surface area contributed by atoms with Crippen LogP contribution in [0.25, 0.3) is 0 Å².